The zero-order valence-electron chi connectivity index (χ0n) is 13.5. The first-order valence-electron chi connectivity index (χ1n) is 7.98. The molecule has 0 saturated heterocycles. The van der Waals surface area contributed by atoms with Crippen LogP contribution in [0.1, 0.15) is 59.0 Å². The Hall–Kier alpha value is -1.68. The Morgan fingerprint density at radius 1 is 1.32 bits per heavy atom. The summed E-state index contributed by atoms with van der Waals surface area (Å²) in [5, 5.41) is 0.505. The Morgan fingerprint density at radius 2 is 2.05 bits per heavy atom. The van der Waals surface area contributed by atoms with Crippen molar-refractivity contribution < 1.29 is 9.53 Å². The normalized spacial score (nSPS) is 16.2. The molecular weight excluding hydrogens is 294 g/mol. The molecule has 0 bridgehead atoms. The van der Waals surface area contributed by atoms with E-state index in [1.165, 1.54) is 21.8 Å². The van der Waals surface area contributed by atoms with Crippen LogP contribution in [0.15, 0.2) is 30.3 Å². The van der Waals surface area contributed by atoms with Crippen LogP contribution in [-0.4, -0.2) is 17.6 Å². The number of hydrogen-bond donors (Lipinski definition) is 0. The minimum atomic E-state index is -0.289. The van der Waals surface area contributed by atoms with Crippen LogP contribution in [0.2, 0.25) is 0 Å². The van der Waals surface area contributed by atoms with E-state index < -0.39 is 0 Å². The van der Waals surface area contributed by atoms with E-state index in [0.29, 0.717) is 17.5 Å². The lowest BCUT2D eigenvalue weighted by atomic mass is 9.85. The zero-order chi connectivity index (χ0) is 15.9. The van der Waals surface area contributed by atoms with Gasteiger partial charge in [-0.05, 0) is 37.7 Å². The van der Waals surface area contributed by atoms with Gasteiger partial charge in [0.15, 0.2) is 0 Å². The molecule has 0 radical (unpaired) electrons. The minimum absolute atomic E-state index is 0.289. The second kappa shape index (κ2) is 8.08. The number of hydrogen-bond acceptors (Lipinski definition) is 4. The van der Waals surface area contributed by atoms with Gasteiger partial charge in [-0.15, -0.1) is 11.3 Å². The van der Waals surface area contributed by atoms with E-state index in [-0.39, 0.29) is 5.97 Å². The van der Waals surface area contributed by atoms with Gasteiger partial charge in [0.05, 0.1) is 12.3 Å². The molecule has 22 heavy (non-hydrogen) atoms. The van der Waals surface area contributed by atoms with Crippen molar-refractivity contribution in [2.24, 2.45) is 0 Å². The van der Waals surface area contributed by atoms with Gasteiger partial charge < -0.3 is 4.74 Å². The molecule has 1 aromatic heterocycles. The predicted octanol–water partition coefficient (Wildman–Crippen LogP) is 4.62. The highest BCUT2D eigenvalue weighted by Gasteiger charge is 2.25. The molecule has 0 aliphatic heterocycles. The Bertz CT molecular complexity index is 607. The van der Waals surface area contributed by atoms with E-state index in [1.807, 2.05) is 26.8 Å². The number of carbonyl (C=O) groups excluding carboxylic acids is 1. The molecule has 1 atom stereocenters. The summed E-state index contributed by atoms with van der Waals surface area (Å²) in [6.07, 6.45) is 3.03. The molecular formula is C18H23NO2S. The van der Waals surface area contributed by atoms with Gasteiger partial charge in [0.2, 0.25) is 5.01 Å². The first-order valence-corrected chi connectivity index (χ1v) is 8.80. The summed E-state index contributed by atoms with van der Waals surface area (Å²) < 4.78 is 5.03. The van der Waals surface area contributed by atoms with Crippen molar-refractivity contribution in [2.75, 3.05) is 6.61 Å². The first-order chi connectivity index (χ1) is 10.8. The average molecular weight is 317 g/mol. The van der Waals surface area contributed by atoms with Crippen LogP contribution in [0.5, 0.6) is 0 Å². The largest absolute Gasteiger partial charge is 0.461 e. The molecule has 0 spiro atoms. The number of carbonyl (C=O) groups is 1. The van der Waals surface area contributed by atoms with Gasteiger partial charge in [-0.2, -0.15) is 0 Å². The molecule has 1 aromatic carbocycles. The van der Waals surface area contributed by atoms with E-state index in [4.69, 9.17) is 4.74 Å². The van der Waals surface area contributed by atoms with Crippen LogP contribution >= 0.6 is 11.3 Å². The van der Waals surface area contributed by atoms with Gasteiger partial charge in [0, 0.05) is 4.88 Å². The predicted molar refractivity (Wildman–Crippen MR) is 90.6 cm³/mol. The molecule has 2 aromatic rings. The lowest BCUT2D eigenvalue weighted by Gasteiger charge is -2.21. The fourth-order valence-corrected chi connectivity index (χ4v) is 3.75. The molecule has 0 fully saturated rings. The summed E-state index contributed by atoms with van der Waals surface area (Å²) in [6.45, 7) is 6.21. The number of aromatic nitrogens is 1. The lowest BCUT2D eigenvalue weighted by molar-refractivity contribution is 0.0525. The summed E-state index contributed by atoms with van der Waals surface area (Å²) >= 11 is 1.50. The number of aryl methyl sites for hydroxylation is 1. The second-order valence-electron chi connectivity index (χ2n) is 4.96. The molecule has 0 amide bonds. The van der Waals surface area contributed by atoms with Crippen molar-refractivity contribution in [2.45, 2.75) is 46.0 Å². The van der Waals surface area contributed by atoms with Gasteiger partial charge in [-0.3, -0.25) is 0 Å². The molecule has 0 saturated carbocycles. The highest BCUT2D eigenvalue weighted by Crippen LogP contribution is 2.35. The van der Waals surface area contributed by atoms with Crippen LogP contribution in [0.4, 0.5) is 0 Å². The van der Waals surface area contributed by atoms with Crippen LogP contribution in [-0.2, 0) is 17.6 Å². The Kier molecular flexibility index (Phi) is 6.13. The Morgan fingerprint density at radius 3 is 2.73 bits per heavy atom. The molecule has 0 N–H and O–H groups in total. The minimum Gasteiger partial charge on any atom is -0.461 e. The van der Waals surface area contributed by atoms with Crippen LogP contribution in [0.25, 0.3) is 0 Å². The van der Waals surface area contributed by atoms with Crippen LogP contribution in [0, 0.1) is 0 Å². The molecule has 1 aliphatic carbocycles. The van der Waals surface area contributed by atoms with E-state index in [0.717, 1.165) is 25.0 Å². The van der Waals surface area contributed by atoms with E-state index >= 15 is 0 Å². The molecule has 4 heteroatoms. The summed E-state index contributed by atoms with van der Waals surface area (Å²) in [7, 11) is 0. The molecule has 118 valence electrons. The first kappa shape index (κ1) is 16.7. The summed E-state index contributed by atoms with van der Waals surface area (Å²) in [6, 6.07) is 10.6. The average Bonchev–Trinajstić information content (AvgIpc) is 3.01. The number of nitrogens with zero attached hydrogens (tertiary/aromatic N) is 1. The SMILES string of the molecule is CC.CCOC(=O)c1nc2c(s1)CC(c1ccccc1)CC2. The highest BCUT2D eigenvalue weighted by atomic mass is 32.1. The Balaban J connectivity index is 0.000000847. The second-order valence-corrected chi connectivity index (χ2v) is 6.04. The van der Waals surface area contributed by atoms with Crippen molar-refractivity contribution in [3.8, 4) is 0 Å². The number of thiazole rings is 1. The van der Waals surface area contributed by atoms with E-state index in [9.17, 15) is 4.79 Å². The smallest absolute Gasteiger partial charge is 0.367 e. The quantitative estimate of drug-likeness (QED) is 0.775. The van der Waals surface area contributed by atoms with Gasteiger partial charge >= 0.3 is 5.97 Å². The molecule has 3 nitrogen and oxygen atoms in total. The van der Waals surface area contributed by atoms with Crippen LogP contribution < -0.4 is 0 Å². The Labute approximate surface area is 136 Å². The maximum absolute atomic E-state index is 11.7. The van der Waals surface area contributed by atoms with E-state index in [1.54, 1.807) is 0 Å². The lowest BCUT2D eigenvalue weighted by Crippen LogP contribution is -2.11. The van der Waals surface area contributed by atoms with Crippen LogP contribution in [0.3, 0.4) is 0 Å². The molecule has 1 aliphatic rings. The van der Waals surface area contributed by atoms with E-state index in [2.05, 4.69) is 29.2 Å². The van der Waals surface area contributed by atoms with Gasteiger partial charge in [-0.1, -0.05) is 44.2 Å². The number of esters is 1. The van der Waals surface area contributed by atoms with Crippen molar-refractivity contribution in [1.29, 1.82) is 0 Å². The topological polar surface area (TPSA) is 39.2 Å². The standard InChI is InChI=1S/C16H17NO2S.C2H6/c1-2-19-16(18)15-17-13-9-8-12(10-14(13)20-15)11-6-4-3-5-7-11;1-2/h3-7,12H,2,8-10H2,1H3;1-2H3. The summed E-state index contributed by atoms with van der Waals surface area (Å²) in [4.78, 5) is 17.4. The zero-order valence-corrected chi connectivity index (χ0v) is 14.3. The van der Waals surface area contributed by atoms with Crippen molar-refractivity contribution in [1.82, 2.24) is 4.98 Å². The third kappa shape index (κ3) is 3.74. The maximum Gasteiger partial charge on any atom is 0.367 e. The summed E-state index contributed by atoms with van der Waals surface area (Å²) in [5.74, 6) is 0.252. The van der Waals surface area contributed by atoms with Crippen molar-refractivity contribution in [3.05, 3.63) is 51.5 Å². The van der Waals surface area contributed by atoms with Gasteiger partial charge in [0.25, 0.3) is 0 Å². The summed E-state index contributed by atoms with van der Waals surface area (Å²) in [5.41, 5.74) is 2.47. The molecule has 1 heterocycles. The number of rotatable bonds is 3. The molecule has 1 unspecified atom stereocenters. The fraction of sp³-hybridized carbons (Fsp3) is 0.444. The maximum atomic E-state index is 11.7. The third-order valence-electron chi connectivity index (χ3n) is 3.66. The number of benzene rings is 1. The number of ether oxygens (including phenoxy) is 1. The van der Waals surface area contributed by atoms with Crippen molar-refractivity contribution in [3.63, 3.8) is 0 Å². The third-order valence-corrected chi connectivity index (χ3v) is 4.76. The molecule has 3 rings (SSSR count). The van der Waals surface area contributed by atoms with Gasteiger partial charge in [0.1, 0.15) is 0 Å². The van der Waals surface area contributed by atoms with Gasteiger partial charge in [-0.25, -0.2) is 9.78 Å². The highest BCUT2D eigenvalue weighted by molar-refractivity contribution is 7.13. The number of fused-ring (bicyclic) bond motifs is 1. The van der Waals surface area contributed by atoms with Crippen molar-refractivity contribution >= 4 is 17.3 Å². The fourth-order valence-electron chi connectivity index (χ4n) is 2.66. The monoisotopic (exact) mass is 317 g/mol.